The minimum atomic E-state index is -0.431. The van der Waals surface area contributed by atoms with E-state index in [1.807, 2.05) is 6.07 Å². The molecule has 23 heavy (non-hydrogen) atoms. The van der Waals surface area contributed by atoms with Gasteiger partial charge in [-0.15, -0.1) is 0 Å². The van der Waals surface area contributed by atoms with Gasteiger partial charge in [-0.05, 0) is 25.0 Å². The zero-order valence-electron chi connectivity index (χ0n) is 12.7. The molecule has 0 spiro atoms. The number of carbonyl (C=O) groups is 1. The van der Waals surface area contributed by atoms with Gasteiger partial charge in [-0.25, -0.2) is 0 Å². The lowest BCUT2D eigenvalue weighted by atomic mass is 10.0. The van der Waals surface area contributed by atoms with Gasteiger partial charge in [0.15, 0.2) is 5.78 Å². The highest BCUT2D eigenvalue weighted by Crippen LogP contribution is 2.30. The summed E-state index contributed by atoms with van der Waals surface area (Å²) in [5, 5.41) is 14.6. The van der Waals surface area contributed by atoms with Crippen LogP contribution in [0.3, 0.4) is 0 Å². The summed E-state index contributed by atoms with van der Waals surface area (Å²) in [4.78, 5) is 23.4. The van der Waals surface area contributed by atoms with E-state index in [9.17, 15) is 14.9 Å². The molecule has 1 saturated carbocycles. The molecule has 0 bridgehead atoms. The Morgan fingerprint density at radius 3 is 2.39 bits per heavy atom. The van der Waals surface area contributed by atoms with Crippen molar-refractivity contribution in [2.45, 2.75) is 31.7 Å². The Morgan fingerprint density at radius 2 is 1.74 bits per heavy atom. The summed E-state index contributed by atoms with van der Waals surface area (Å²) in [6, 6.07) is 13.7. The van der Waals surface area contributed by atoms with Crippen LogP contribution < -0.4 is 5.32 Å². The standard InChI is InChI=1S/C18H18N2O3/c21-18(13-6-2-1-3-7-13)14-10-11-16(17(12-14)20(22)23)19-15-8-4-5-9-15/h1-3,6-7,10-12,15,19H,4-5,8-9H2. The van der Waals surface area contributed by atoms with Crippen molar-refractivity contribution in [2.24, 2.45) is 0 Å². The third kappa shape index (κ3) is 3.39. The monoisotopic (exact) mass is 310 g/mol. The third-order valence-corrected chi connectivity index (χ3v) is 4.21. The number of anilines is 1. The lowest BCUT2D eigenvalue weighted by molar-refractivity contribution is -0.384. The molecule has 118 valence electrons. The zero-order valence-corrected chi connectivity index (χ0v) is 12.7. The second-order valence-electron chi connectivity index (χ2n) is 5.81. The Morgan fingerprint density at radius 1 is 1.04 bits per heavy atom. The number of nitro benzene ring substituents is 1. The van der Waals surface area contributed by atoms with Crippen LogP contribution in [0.4, 0.5) is 11.4 Å². The fourth-order valence-corrected chi connectivity index (χ4v) is 2.99. The summed E-state index contributed by atoms with van der Waals surface area (Å²) in [7, 11) is 0. The lowest BCUT2D eigenvalue weighted by Crippen LogP contribution is -2.16. The largest absolute Gasteiger partial charge is 0.377 e. The number of nitrogens with one attached hydrogen (secondary N) is 1. The van der Waals surface area contributed by atoms with Gasteiger partial charge in [-0.3, -0.25) is 14.9 Å². The van der Waals surface area contributed by atoms with Crippen molar-refractivity contribution in [3.8, 4) is 0 Å². The van der Waals surface area contributed by atoms with E-state index < -0.39 is 4.92 Å². The molecule has 0 saturated heterocycles. The molecule has 1 N–H and O–H groups in total. The van der Waals surface area contributed by atoms with Gasteiger partial charge in [0.25, 0.3) is 5.69 Å². The molecule has 0 aliphatic heterocycles. The zero-order chi connectivity index (χ0) is 16.2. The summed E-state index contributed by atoms with van der Waals surface area (Å²) >= 11 is 0. The molecule has 2 aromatic carbocycles. The summed E-state index contributed by atoms with van der Waals surface area (Å²) in [6.07, 6.45) is 4.36. The average molecular weight is 310 g/mol. The number of ketones is 1. The Labute approximate surface area is 134 Å². The molecule has 1 aliphatic carbocycles. The van der Waals surface area contributed by atoms with Crippen molar-refractivity contribution in [3.05, 3.63) is 69.8 Å². The number of rotatable bonds is 5. The van der Waals surface area contributed by atoms with E-state index in [0.29, 0.717) is 16.8 Å². The fraction of sp³-hybridized carbons (Fsp3) is 0.278. The van der Waals surface area contributed by atoms with Gasteiger partial charge in [0, 0.05) is 23.2 Å². The molecule has 5 heteroatoms. The molecule has 0 aromatic heterocycles. The average Bonchev–Trinajstić information content (AvgIpc) is 3.08. The maximum atomic E-state index is 12.4. The first-order valence-corrected chi connectivity index (χ1v) is 7.80. The lowest BCUT2D eigenvalue weighted by Gasteiger charge is -2.14. The van der Waals surface area contributed by atoms with E-state index in [1.165, 1.54) is 6.07 Å². The van der Waals surface area contributed by atoms with Crippen molar-refractivity contribution < 1.29 is 9.72 Å². The smallest absolute Gasteiger partial charge is 0.293 e. The third-order valence-electron chi connectivity index (χ3n) is 4.21. The van der Waals surface area contributed by atoms with Gasteiger partial charge in [0.1, 0.15) is 5.69 Å². The first-order chi connectivity index (χ1) is 11.1. The maximum Gasteiger partial charge on any atom is 0.293 e. The number of hydrogen-bond donors (Lipinski definition) is 1. The maximum absolute atomic E-state index is 12.4. The van der Waals surface area contributed by atoms with Crippen molar-refractivity contribution >= 4 is 17.2 Å². The van der Waals surface area contributed by atoms with Crippen molar-refractivity contribution in [3.63, 3.8) is 0 Å². The molecular weight excluding hydrogens is 292 g/mol. The minimum Gasteiger partial charge on any atom is -0.377 e. The molecule has 1 aliphatic rings. The van der Waals surface area contributed by atoms with E-state index >= 15 is 0 Å². The van der Waals surface area contributed by atoms with E-state index in [4.69, 9.17) is 0 Å². The number of nitrogens with zero attached hydrogens (tertiary/aromatic N) is 1. The van der Waals surface area contributed by atoms with Crippen LogP contribution in [-0.4, -0.2) is 16.7 Å². The predicted molar refractivity (Wildman–Crippen MR) is 88.8 cm³/mol. The highest BCUT2D eigenvalue weighted by Gasteiger charge is 2.22. The minimum absolute atomic E-state index is 0.0429. The van der Waals surface area contributed by atoms with Gasteiger partial charge in [0.05, 0.1) is 4.92 Å². The number of carbonyl (C=O) groups excluding carboxylic acids is 1. The summed E-state index contributed by atoms with van der Waals surface area (Å²) in [5.74, 6) is -0.207. The second-order valence-corrected chi connectivity index (χ2v) is 5.81. The highest BCUT2D eigenvalue weighted by atomic mass is 16.6. The normalized spacial score (nSPS) is 14.6. The van der Waals surface area contributed by atoms with Crippen LogP contribution in [0.25, 0.3) is 0 Å². The molecule has 1 fully saturated rings. The van der Waals surface area contributed by atoms with Gasteiger partial charge in [-0.1, -0.05) is 43.2 Å². The number of benzene rings is 2. The Kier molecular flexibility index (Phi) is 4.37. The van der Waals surface area contributed by atoms with E-state index in [2.05, 4.69) is 5.32 Å². The van der Waals surface area contributed by atoms with Crippen LogP contribution in [-0.2, 0) is 0 Å². The quantitative estimate of drug-likeness (QED) is 0.511. The van der Waals surface area contributed by atoms with Crippen LogP contribution in [0, 0.1) is 10.1 Å². The van der Waals surface area contributed by atoms with Crippen molar-refractivity contribution in [2.75, 3.05) is 5.32 Å². The number of nitro groups is 1. The Hall–Kier alpha value is -2.69. The van der Waals surface area contributed by atoms with Crippen LogP contribution in [0.5, 0.6) is 0 Å². The van der Waals surface area contributed by atoms with Crippen LogP contribution in [0.1, 0.15) is 41.6 Å². The van der Waals surface area contributed by atoms with Gasteiger partial charge in [-0.2, -0.15) is 0 Å². The van der Waals surface area contributed by atoms with Gasteiger partial charge in [0.2, 0.25) is 0 Å². The van der Waals surface area contributed by atoms with Gasteiger partial charge < -0.3 is 5.32 Å². The first kappa shape index (κ1) is 15.2. The molecule has 0 radical (unpaired) electrons. The topological polar surface area (TPSA) is 72.2 Å². The van der Waals surface area contributed by atoms with Gasteiger partial charge >= 0.3 is 0 Å². The highest BCUT2D eigenvalue weighted by molar-refractivity contribution is 6.09. The number of hydrogen-bond acceptors (Lipinski definition) is 4. The summed E-state index contributed by atoms with van der Waals surface area (Å²) < 4.78 is 0. The molecule has 3 rings (SSSR count). The van der Waals surface area contributed by atoms with Crippen molar-refractivity contribution in [1.29, 1.82) is 0 Å². The van der Waals surface area contributed by atoms with Crippen LogP contribution >= 0.6 is 0 Å². The fourth-order valence-electron chi connectivity index (χ4n) is 2.99. The molecule has 0 unspecified atom stereocenters. The van der Waals surface area contributed by atoms with Crippen LogP contribution in [0.15, 0.2) is 48.5 Å². The molecule has 5 nitrogen and oxygen atoms in total. The van der Waals surface area contributed by atoms with E-state index in [-0.39, 0.29) is 17.5 Å². The Bertz CT molecular complexity index is 722. The summed E-state index contributed by atoms with van der Waals surface area (Å²) in [5.41, 5.74) is 1.31. The summed E-state index contributed by atoms with van der Waals surface area (Å²) in [6.45, 7) is 0. The SMILES string of the molecule is O=C(c1ccccc1)c1ccc(NC2CCCC2)c([N+](=O)[O-])c1. The van der Waals surface area contributed by atoms with E-state index in [1.54, 1.807) is 36.4 Å². The Balaban J connectivity index is 1.90. The molecule has 0 heterocycles. The van der Waals surface area contributed by atoms with E-state index in [0.717, 1.165) is 25.7 Å². The molecule has 0 atom stereocenters. The molecular formula is C18H18N2O3. The molecule has 2 aromatic rings. The second kappa shape index (κ2) is 6.60. The first-order valence-electron chi connectivity index (χ1n) is 7.80. The van der Waals surface area contributed by atoms with Crippen LogP contribution in [0.2, 0.25) is 0 Å². The molecule has 0 amide bonds. The predicted octanol–water partition coefficient (Wildman–Crippen LogP) is 4.18. The van der Waals surface area contributed by atoms with Crippen molar-refractivity contribution in [1.82, 2.24) is 0 Å².